The van der Waals surface area contributed by atoms with E-state index in [1.807, 2.05) is 6.92 Å². The van der Waals surface area contributed by atoms with Crippen molar-refractivity contribution in [3.8, 4) is 5.75 Å². The van der Waals surface area contributed by atoms with E-state index in [9.17, 15) is 39.6 Å². The summed E-state index contributed by atoms with van der Waals surface area (Å²) in [6.45, 7) is 2.36. The summed E-state index contributed by atoms with van der Waals surface area (Å²) in [5, 5.41) is 50.8. The highest BCUT2D eigenvalue weighted by Gasteiger charge is 2.64. The molecule has 0 heterocycles. The Balaban J connectivity index is 1.93. The summed E-state index contributed by atoms with van der Waals surface area (Å²) in [4.78, 5) is 54.9. The van der Waals surface area contributed by atoms with Crippen LogP contribution in [0.5, 0.6) is 5.75 Å². The number of carbonyl (C=O) groups is 4. The fraction of sp³-hybridized carbons (Fsp3) is 0.481. The van der Waals surface area contributed by atoms with Crippen molar-refractivity contribution in [2.24, 2.45) is 17.6 Å². The summed E-state index contributed by atoms with van der Waals surface area (Å²) in [5.41, 5.74) is 2.47. The summed E-state index contributed by atoms with van der Waals surface area (Å²) < 4.78 is 0. The number of Topliss-reactive ketones (excluding diaryl/α,β-unsaturated/α-hetero) is 2. The Labute approximate surface area is 230 Å². The lowest BCUT2D eigenvalue weighted by Gasteiger charge is -2.50. The van der Waals surface area contributed by atoms with E-state index in [4.69, 9.17) is 5.73 Å². The zero-order chi connectivity index (χ0) is 29.8. The monoisotopic (exact) mass is 557 g/mol. The number of anilines is 2. The Bertz CT molecular complexity index is 1380. The number of aromatic hydroxyl groups is 1. The number of hydrogen-bond acceptors (Lipinski definition) is 11. The van der Waals surface area contributed by atoms with Gasteiger partial charge in [0.2, 0.25) is 11.7 Å². The number of nitrogens with two attached hydrogens (primary N) is 1. The molecule has 8 N–H and O–H groups in total. The highest BCUT2D eigenvalue weighted by molar-refractivity contribution is 6.24. The summed E-state index contributed by atoms with van der Waals surface area (Å²) in [5.74, 6) is -7.75. The zero-order valence-electron chi connectivity index (χ0n) is 23.0. The molecule has 216 valence electrons. The third kappa shape index (κ3) is 4.21. The van der Waals surface area contributed by atoms with Gasteiger partial charge in [0.25, 0.3) is 5.91 Å². The van der Waals surface area contributed by atoms with Crippen LogP contribution in [0.15, 0.2) is 23.0 Å². The largest absolute Gasteiger partial charge is 0.508 e. The lowest BCUT2D eigenvalue weighted by atomic mass is 9.57. The lowest BCUT2D eigenvalue weighted by molar-refractivity contribution is -0.153. The molecule has 0 aliphatic heterocycles. The molecule has 4 rings (SSSR count). The van der Waals surface area contributed by atoms with E-state index in [0.29, 0.717) is 17.8 Å². The zero-order valence-corrected chi connectivity index (χ0v) is 23.0. The molecular weight excluding hydrogens is 522 g/mol. The number of hydrogen-bond donors (Lipinski definition) is 7. The number of primary amides is 1. The summed E-state index contributed by atoms with van der Waals surface area (Å²) in [6, 6.07) is 0.408. The van der Waals surface area contributed by atoms with Crippen molar-refractivity contribution in [1.29, 1.82) is 0 Å². The number of rotatable bonds is 7. The second-order valence-corrected chi connectivity index (χ2v) is 10.8. The molecule has 1 saturated carbocycles. The van der Waals surface area contributed by atoms with Gasteiger partial charge in [-0.15, -0.1) is 0 Å². The Morgan fingerprint density at radius 3 is 2.35 bits per heavy atom. The molecule has 1 aromatic rings. The first kappa shape index (κ1) is 29.1. The van der Waals surface area contributed by atoms with E-state index in [0.717, 1.165) is 0 Å². The van der Waals surface area contributed by atoms with Gasteiger partial charge >= 0.3 is 0 Å². The maximum Gasteiger partial charge on any atom is 0.255 e. The Hall–Kier alpha value is -3.94. The molecule has 0 saturated heterocycles. The van der Waals surface area contributed by atoms with Crippen molar-refractivity contribution in [1.82, 2.24) is 10.2 Å². The van der Waals surface area contributed by atoms with Gasteiger partial charge in [-0.05, 0) is 51.0 Å². The number of aliphatic hydroxyl groups is 3. The van der Waals surface area contributed by atoms with Gasteiger partial charge in [0.1, 0.15) is 22.8 Å². The number of likely N-dealkylation sites (N-methyl/N-ethyl adjacent to an activating group) is 2. The normalized spacial score (nSPS) is 25.9. The maximum atomic E-state index is 14.0. The minimum Gasteiger partial charge on any atom is -0.508 e. The SMILES string of the molecule is CCNCC(=O)Nc1cc(N(C)C)c2c(c1O)C(O)=C1C(=O)C3(O)C(O)=C(C(N)=O)C(=O)[C@@H](N(C)C)C3CC1C2. The average molecular weight is 558 g/mol. The topological polar surface area (TPSA) is 206 Å². The third-order valence-electron chi connectivity index (χ3n) is 7.99. The summed E-state index contributed by atoms with van der Waals surface area (Å²) in [6.07, 6.45) is 0.127. The van der Waals surface area contributed by atoms with Gasteiger partial charge < -0.3 is 41.7 Å². The molecule has 2 amide bonds. The number of carbonyl (C=O) groups excluding carboxylic acids is 4. The van der Waals surface area contributed by atoms with Crippen molar-refractivity contribution in [3.63, 3.8) is 0 Å². The minimum atomic E-state index is -2.72. The van der Waals surface area contributed by atoms with Gasteiger partial charge in [-0.25, -0.2) is 0 Å². The number of phenolic OH excluding ortho intramolecular Hbond substituents is 1. The Morgan fingerprint density at radius 1 is 1.15 bits per heavy atom. The fourth-order valence-corrected chi connectivity index (χ4v) is 6.22. The Morgan fingerprint density at radius 2 is 1.80 bits per heavy atom. The standard InChI is InChI=1S/C27H35N5O8/c1-6-29-10-16(33)30-14-9-15(31(2)3)12-7-11-8-13-20(32(4)5)23(36)19(26(28)39)25(38)27(13,40)24(37)17(11)22(35)18(12)21(14)34/h9,11,13,20,29,34-35,38,40H,6-8,10H2,1-5H3,(H2,28,39)(H,30,33)/t11?,13?,20-,27?/m0/s1. The van der Waals surface area contributed by atoms with Crippen molar-refractivity contribution in [2.75, 3.05) is 51.5 Å². The van der Waals surface area contributed by atoms with Crippen molar-refractivity contribution in [3.05, 3.63) is 34.1 Å². The minimum absolute atomic E-state index is 0.00509. The van der Waals surface area contributed by atoms with Gasteiger partial charge in [-0.1, -0.05) is 6.92 Å². The number of amides is 2. The molecule has 3 aliphatic rings. The van der Waals surface area contributed by atoms with E-state index in [1.54, 1.807) is 39.2 Å². The number of nitrogens with zero attached hydrogens (tertiary/aromatic N) is 2. The smallest absolute Gasteiger partial charge is 0.255 e. The molecule has 0 radical (unpaired) electrons. The van der Waals surface area contributed by atoms with Crippen LogP contribution >= 0.6 is 0 Å². The number of fused-ring (bicyclic) bond motifs is 3. The molecule has 3 unspecified atom stereocenters. The molecule has 3 aliphatic carbocycles. The van der Waals surface area contributed by atoms with Gasteiger partial charge in [-0.3, -0.25) is 24.1 Å². The number of benzene rings is 1. The molecule has 1 aromatic carbocycles. The van der Waals surface area contributed by atoms with Crippen LogP contribution in [0.1, 0.15) is 24.5 Å². The van der Waals surface area contributed by atoms with Crippen molar-refractivity contribution < 1.29 is 39.6 Å². The number of aliphatic hydroxyl groups excluding tert-OH is 2. The van der Waals surface area contributed by atoms with Crippen LogP contribution in [-0.2, 0) is 25.6 Å². The van der Waals surface area contributed by atoms with Crippen LogP contribution < -0.4 is 21.3 Å². The molecule has 0 aromatic heterocycles. The molecule has 0 spiro atoms. The third-order valence-corrected chi connectivity index (χ3v) is 7.99. The first-order valence-corrected chi connectivity index (χ1v) is 12.9. The van der Waals surface area contributed by atoms with Crippen LogP contribution in [0.2, 0.25) is 0 Å². The van der Waals surface area contributed by atoms with Crippen LogP contribution in [0.3, 0.4) is 0 Å². The van der Waals surface area contributed by atoms with Gasteiger partial charge in [-0.2, -0.15) is 0 Å². The fourth-order valence-electron chi connectivity index (χ4n) is 6.22. The van der Waals surface area contributed by atoms with E-state index in [-0.39, 0.29) is 36.2 Å². The van der Waals surface area contributed by atoms with E-state index < -0.39 is 69.7 Å². The molecular formula is C27H35N5O8. The van der Waals surface area contributed by atoms with Crippen LogP contribution in [0.4, 0.5) is 11.4 Å². The van der Waals surface area contributed by atoms with E-state index in [2.05, 4.69) is 10.6 Å². The van der Waals surface area contributed by atoms with Gasteiger partial charge in [0.05, 0.1) is 23.8 Å². The first-order chi connectivity index (χ1) is 18.7. The number of ketones is 2. The van der Waals surface area contributed by atoms with Crippen LogP contribution in [-0.4, -0.2) is 102 Å². The Kier molecular flexibility index (Phi) is 7.43. The summed E-state index contributed by atoms with van der Waals surface area (Å²) >= 11 is 0. The van der Waals surface area contributed by atoms with E-state index in [1.165, 1.54) is 4.90 Å². The first-order valence-electron chi connectivity index (χ1n) is 12.9. The van der Waals surface area contributed by atoms with Crippen LogP contribution in [0.25, 0.3) is 5.76 Å². The summed E-state index contributed by atoms with van der Waals surface area (Å²) in [7, 11) is 6.57. The highest BCUT2D eigenvalue weighted by Crippen LogP contribution is 2.54. The second-order valence-electron chi connectivity index (χ2n) is 10.8. The average Bonchev–Trinajstić information content (AvgIpc) is 2.85. The van der Waals surface area contributed by atoms with Gasteiger partial charge in [0.15, 0.2) is 11.4 Å². The molecule has 1 fully saturated rings. The molecule has 13 heteroatoms. The molecule has 0 bridgehead atoms. The van der Waals surface area contributed by atoms with Crippen LogP contribution in [0, 0.1) is 11.8 Å². The molecule has 4 atom stereocenters. The van der Waals surface area contributed by atoms with E-state index >= 15 is 0 Å². The highest BCUT2D eigenvalue weighted by atomic mass is 16.3. The van der Waals surface area contributed by atoms with Gasteiger partial charge in [0, 0.05) is 31.3 Å². The van der Waals surface area contributed by atoms with Crippen molar-refractivity contribution in [2.45, 2.75) is 31.4 Å². The maximum absolute atomic E-state index is 14.0. The molecule has 13 nitrogen and oxygen atoms in total. The predicted molar refractivity (Wildman–Crippen MR) is 146 cm³/mol. The lowest BCUT2D eigenvalue weighted by Crippen LogP contribution is -2.65. The quantitative estimate of drug-likeness (QED) is 0.169. The molecule has 40 heavy (non-hydrogen) atoms. The number of nitrogens with one attached hydrogen (secondary N) is 2. The van der Waals surface area contributed by atoms with Crippen molar-refractivity contribution >= 4 is 40.5 Å². The predicted octanol–water partition coefficient (Wildman–Crippen LogP) is -0.422. The second kappa shape index (κ2) is 10.2. The number of phenols is 1.